The average Bonchev–Trinajstić information content (AvgIpc) is 2.21. The molecule has 0 aliphatic carbocycles. The van der Waals surface area contributed by atoms with E-state index in [1.165, 1.54) is 0 Å². The van der Waals surface area contributed by atoms with Crippen LogP contribution in [0.25, 0.3) is 0 Å². The average molecular weight is 193 g/mol. The molecule has 1 aromatic rings. The summed E-state index contributed by atoms with van der Waals surface area (Å²) in [6.45, 7) is 8.56. The van der Waals surface area contributed by atoms with Gasteiger partial charge in [-0.05, 0) is 26.0 Å². The molecular weight excluding hydrogens is 174 g/mol. The third-order valence-corrected chi connectivity index (χ3v) is 1.62. The smallest absolute Gasteiger partial charge is 0.251 e. The van der Waals surface area contributed by atoms with E-state index in [0.717, 1.165) is 11.1 Å². The van der Waals surface area contributed by atoms with E-state index in [4.69, 9.17) is 0 Å². The molecule has 0 aromatic heterocycles. The molecule has 1 N–H and O–H groups in total. The third-order valence-electron chi connectivity index (χ3n) is 1.62. The van der Waals surface area contributed by atoms with E-state index in [1.807, 2.05) is 52.0 Å². The van der Waals surface area contributed by atoms with Crippen molar-refractivity contribution in [2.75, 3.05) is 6.54 Å². The molecule has 78 valence electrons. The second-order valence-electron chi connectivity index (χ2n) is 2.73. The Morgan fingerprint density at radius 2 is 2.00 bits per heavy atom. The molecule has 0 heterocycles. The fourth-order valence-corrected chi connectivity index (χ4v) is 1.05. The lowest BCUT2D eigenvalue weighted by Crippen LogP contribution is -2.22. The molecule has 1 rings (SSSR count). The molecule has 0 saturated carbocycles. The van der Waals surface area contributed by atoms with Crippen LogP contribution in [0.15, 0.2) is 24.3 Å². The summed E-state index contributed by atoms with van der Waals surface area (Å²) in [6.07, 6.45) is 0. The van der Waals surface area contributed by atoms with E-state index < -0.39 is 0 Å². The lowest BCUT2D eigenvalue weighted by molar-refractivity contribution is 0.0956. The number of carbonyl (C=O) groups is 1. The summed E-state index contributed by atoms with van der Waals surface area (Å²) in [5.74, 6) is 0.00111. The molecule has 14 heavy (non-hydrogen) atoms. The number of amides is 1. The van der Waals surface area contributed by atoms with Crippen molar-refractivity contribution >= 4 is 5.91 Å². The summed E-state index contributed by atoms with van der Waals surface area (Å²) in [6, 6.07) is 7.56. The molecule has 0 unspecified atom stereocenters. The first kappa shape index (κ1) is 12.7. The van der Waals surface area contributed by atoms with Crippen LogP contribution in [0.5, 0.6) is 0 Å². The minimum atomic E-state index is 0.00111. The van der Waals surface area contributed by atoms with Gasteiger partial charge in [0.25, 0.3) is 5.91 Å². The highest BCUT2D eigenvalue weighted by molar-refractivity contribution is 5.94. The number of hydrogen-bond acceptors (Lipinski definition) is 1. The zero-order chi connectivity index (χ0) is 11.0. The first-order valence-electron chi connectivity index (χ1n) is 5.09. The number of hydrogen-bond donors (Lipinski definition) is 1. The van der Waals surface area contributed by atoms with Crippen LogP contribution in [0.1, 0.15) is 36.7 Å². The Balaban J connectivity index is 0.000000791. The minimum absolute atomic E-state index is 0.00111. The number of rotatable bonds is 2. The van der Waals surface area contributed by atoms with Crippen molar-refractivity contribution in [1.29, 1.82) is 0 Å². The van der Waals surface area contributed by atoms with Crippen molar-refractivity contribution in [3.63, 3.8) is 0 Å². The molecule has 0 atom stereocenters. The summed E-state index contributed by atoms with van der Waals surface area (Å²) in [5.41, 5.74) is 1.84. The van der Waals surface area contributed by atoms with E-state index in [1.54, 1.807) is 0 Å². The first-order chi connectivity index (χ1) is 6.74. The van der Waals surface area contributed by atoms with E-state index in [9.17, 15) is 4.79 Å². The van der Waals surface area contributed by atoms with Gasteiger partial charge in [0.1, 0.15) is 0 Å². The lowest BCUT2D eigenvalue weighted by atomic mass is 10.1. The van der Waals surface area contributed by atoms with Crippen LogP contribution in [0.2, 0.25) is 0 Å². The quantitative estimate of drug-likeness (QED) is 0.768. The van der Waals surface area contributed by atoms with Gasteiger partial charge in [-0.25, -0.2) is 0 Å². The van der Waals surface area contributed by atoms with Crippen LogP contribution in [0, 0.1) is 6.92 Å². The van der Waals surface area contributed by atoms with Crippen LogP contribution in [-0.2, 0) is 0 Å². The van der Waals surface area contributed by atoms with Gasteiger partial charge >= 0.3 is 0 Å². The van der Waals surface area contributed by atoms with Gasteiger partial charge < -0.3 is 5.32 Å². The second-order valence-corrected chi connectivity index (χ2v) is 2.73. The Bertz CT molecular complexity index is 281. The Kier molecular flexibility index (Phi) is 6.46. The first-order valence-corrected chi connectivity index (χ1v) is 5.09. The SMILES string of the molecule is CC.CCNC(=O)c1cccc(C)c1. The predicted octanol–water partition coefficient (Wildman–Crippen LogP) is 2.77. The van der Waals surface area contributed by atoms with E-state index in [0.29, 0.717) is 6.54 Å². The topological polar surface area (TPSA) is 29.1 Å². The van der Waals surface area contributed by atoms with Gasteiger partial charge in [0.05, 0.1) is 0 Å². The van der Waals surface area contributed by atoms with Gasteiger partial charge in [0.15, 0.2) is 0 Å². The van der Waals surface area contributed by atoms with Gasteiger partial charge in [-0.3, -0.25) is 4.79 Å². The fourth-order valence-electron chi connectivity index (χ4n) is 1.05. The molecule has 0 saturated heterocycles. The van der Waals surface area contributed by atoms with Crippen molar-refractivity contribution < 1.29 is 4.79 Å². The molecule has 1 amide bonds. The van der Waals surface area contributed by atoms with Gasteiger partial charge in [-0.1, -0.05) is 31.5 Å². The third kappa shape index (κ3) is 4.08. The highest BCUT2D eigenvalue weighted by Gasteiger charge is 2.01. The van der Waals surface area contributed by atoms with Crippen molar-refractivity contribution in [2.45, 2.75) is 27.7 Å². The molecule has 0 aliphatic heterocycles. The molecule has 0 radical (unpaired) electrons. The monoisotopic (exact) mass is 193 g/mol. The molecule has 1 aromatic carbocycles. The van der Waals surface area contributed by atoms with Crippen molar-refractivity contribution in [3.05, 3.63) is 35.4 Å². The number of aryl methyl sites for hydroxylation is 1. The molecule has 2 heteroatoms. The summed E-state index contributed by atoms with van der Waals surface area (Å²) in [7, 11) is 0. The van der Waals surface area contributed by atoms with Crippen LogP contribution in [-0.4, -0.2) is 12.5 Å². The Labute approximate surface area is 86.3 Å². The van der Waals surface area contributed by atoms with E-state index in [-0.39, 0.29) is 5.91 Å². The normalized spacial score (nSPS) is 8.57. The number of carbonyl (C=O) groups excluding carboxylic acids is 1. The van der Waals surface area contributed by atoms with Crippen molar-refractivity contribution in [3.8, 4) is 0 Å². The lowest BCUT2D eigenvalue weighted by Gasteiger charge is -2.01. The maximum absolute atomic E-state index is 11.3. The Morgan fingerprint density at radius 3 is 2.50 bits per heavy atom. The second kappa shape index (κ2) is 7.13. The van der Waals surface area contributed by atoms with Gasteiger partial charge in [-0.2, -0.15) is 0 Å². The van der Waals surface area contributed by atoms with Crippen molar-refractivity contribution in [1.82, 2.24) is 5.32 Å². The highest BCUT2D eigenvalue weighted by Crippen LogP contribution is 2.02. The summed E-state index contributed by atoms with van der Waals surface area (Å²) in [5, 5.41) is 2.75. The maximum atomic E-state index is 11.3. The van der Waals surface area contributed by atoms with Crippen LogP contribution in [0.4, 0.5) is 0 Å². The van der Waals surface area contributed by atoms with Gasteiger partial charge in [0, 0.05) is 12.1 Å². The summed E-state index contributed by atoms with van der Waals surface area (Å²) in [4.78, 5) is 11.3. The summed E-state index contributed by atoms with van der Waals surface area (Å²) < 4.78 is 0. The molecule has 0 bridgehead atoms. The van der Waals surface area contributed by atoms with E-state index >= 15 is 0 Å². The van der Waals surface area contributed by atoms with Crippen LogP contribution >= 0.6 is 0 Å². The molecule has 2 nitrogen and oxygen atoms in total. The Morgan fingerprint density at radius 1 is 1.36 bits per heavy atom. The zero-order valence-corrected chi connectivity index (χ0v) is 9.42. The van der Waals surface area contributed by atoms with Crippen LogP contribution in [0.3, 0.4) is 0 Å². The highest BCUT2D eigenvalue weighted by atomic mass is 16.1. The van der Waals surface area contributed by atoms with Crippen LogP contribution < -0.4 is 5.32 Å². The maximum Gasteiger partial charge on any atom is 0.251 e. The fraction of sp³-hybridized carbons (Fsp3) is 0.417. The molecule has 0 fully saturated rings. The Hall–Kier alpha value is -1.31. The number of nitrogens with one attached hydrogen (secondary N) is 1. The molecule has 0 aliphatic rings. The predicted molar refractivity (Wildman–Crippen MR) is 60.5 cm³/mol. The van der Waals surface area contributed by atoms with Gasteiger partial charge in [-0.15, -0.1) is 0 Å². The summed E-state index contributed by atoms with van der Waals surface area (Å²) >= 11 is 0. The largest absolute Gasteiger partial charge is 0.352 e. The van der Waals surface area contributed by atoms with Gasteiger partial charge in [0.2, 0.25) is 0 Å². The van der Waals surface area contributed by atoms with E-state index in [2.05, 4.69) is 5.32 Å². The zero-order valence-electron chi connectivity index (χ0n) is 9.42. The number of benzene rings is 1. The minimum Gasteiger partial charge on any atom is -0.352 e. The van der Waals surface area contributed by atoms with Crippen molar-refractivity contribution in [2.24, 2.45) is 0 Å². The standard InChI is InChI=1S/C10H13NO.C2H6/c1-3-11-10(12)9-6-4-5-8(2)7-9;1-2/h4-7H,3H2,1-2H3,(H,11,12);1-2H3. The molecular formula is C12H19NO. The molecule has 0 spiro atoms.